The molecular formula is C28H32ClNO6S2. The van der Waals surface area contributed by atoms with E-state index in [1.54, 1.807) is 12.1 Å². The second kappa shape index (κ2) is 13.1. The lowest BCUT2D eigenvalue weighted by molar-refractivity contribution is -0.170. The fourth-order valence-electron chi connectivity index (χ4n) is 4.92. The van der Waals surface area contributed by atoms with Crippen LogP contribution in [0.15, 0.2) is 47.2 Å². The number of nitrogens with zero attached hydrogens (tertiary/aromatic N) is 1. The van der Waals surface area contributed by atoms with Gasteiger partial charge in [-0.1, -0.05) is 23.7 Å². The van der Waals surface area contributed by atoms with Crippen molar-refractivity contribution >= 4 is 46.5 Å². The Balaban J connectivity index is 1.29. The summed E-state index contributed by atoms with van der Waals surface area (Å²) in [6.07, 6.45) is 4.85. The number of hydrogen-bond acceptors (Lipinski definition) is 8. The van der Waals surface area contributed by atoms with E-state index < -0.39 is 11.6 Å². The van der Waals surface area contributed by atoms with Crippen molar-refractivity contribution in [2.24, 2.45) is 0 Å². The Morgan fingerprint density at radius 1 is 1.13 bits per heavy atom. The molecule has 38 heavy (non-hydrogen) atoms. The lowest BCUT2D eigenvalue weighted by Gasteiger charge is -2.38. The van der Waals surface area contributed by atoms with Crippen LogP contribution in [0.3, 0.4) is 0 Å². The zero-order chi connectivity index (χ0) is 27.1. The van der Waals surface area contributed by atoms with Crippen LogP contribution in [0.4, 0.5) is 0 Å². The van der Waals surface area contributed by atoms with E-state index in [1.807, 2.05) is 35.0 Å². The molecule has 0 unspecified atom stereocenters. The molecule has 1 aromatic carbocycles. The first-order valence-corrected chi connectivity index (χ1v) is 14.7. The molecule has 1 fully saturated rings. The summed E-state index contributed by atoms with van der Waals surface area (Å²) >= 11 is 9.08. The van der Waals surface area contributed by atoms with E-state index in [0.29, 0.717) is 50.8 Å². The van der Waals surface area contributed by atoms with Crippen molar-refractivity contribution < 1.29 is 28.9 Å². The van der Waals surface area contributed by atoms with Crippen LogP contribution < -0.4 is 9.47 Å². The average molecular weight is 578 g/mol. The van der Waals surface area contributed by atoms with Crippen molar-refractivity contribution in [2.75, 3.05) is 27.3 Å². The smallest absolute Gasteiger partial charge is 0.347 e. The van der Waals surface area contributed by atoms with Crippen LogP contribution in [0.25, 0.3) is 0 Å². The molecule has 2 heterocycles. The van der Waals surface area contributed by atoms with Gasteiger partial charge in [0.25, 0.3) is 0 Å². The Kier molecular flexibility index (Phi) is 9.84. The number of aldehydes is 1. The van der Waals surface area contributed by atoms with E-state index in [0.717, 1.165) is 38.6 Å². The number of hydrogen-bond donors (Lipinski definition) is 1. The molecule has 1 aliphatic rings. The van der Waals surface area contributed by atoms with Gasteiger partial charge in [0.2, 0.25) is 5.60 Å². The maximum absolute atomic E-state index is 12.6. The lowest BCUT2D eigenvalue weighted by Crippen LogP contribution is -2.44. The van der Waals surface area contributed by atoms with E-state index >= 15 is 0 Å². The predicted octanol–water partition coefficient (Wildman–Crippen LogP) is 6.34. The van der Waals surface area contributed by atoms with Gasteiger partial charge in [-0.15, -0.1) is 22.7 Å². The molecule has 0 bridgehead atoms. The van der Waals surface area contributed by atoms with Gasteiger partial charge in [-0.2, -0.15) is 0 Å². The molecule has 0 saturated heterocycles. The maximum atomic E-state index is 12.6. The lowest BCUT2D eigenvalue weighted by atomic mass is 9.90. The summed E-state index contributed by atoms with van der Waals surface area (Å²) in [6.45, 7) is 1.33. The van der Waals surface area contributed by atoms with Crippen molar-refractivity contribution in [1.29, 1.82) is 0 Å². The minimum atomic E-state index is -1.46. The molecule has 0 aliphatic heterocycles. The normalized spacial score (nSPS) is 17.9. The first-order chi connectivity index (χ1) is 18.4. The third-order valence-electron chi connectivity index (χ3n) is 6.97. The van der Waals surface area contributed by atoms with Gasteiger partial charge in [-0.25, -0.2) is 4.79 Å². The summed E-state index contributed by atoms with van der Waals surface area (Å²) in [6, 6.07) is 11.0. The van der Waals surface area contributed by atoms with Crippen molar-refractivity contribution in [3.8, 4) is 11.5 Å². The molecule has 3 aromatic rings. The summed E-state index contributed by atoms with van der Waals surface area (Å²) in [5.41, 5.74) is -1.08. The molecule has 4 rings (SSSR count). The average Bonchev–Trinajstić information content (AvgIpc) is 3.66. The van der Waals surface area contributed by atoms with Crippen LogP contribution in [0.1, 0.15) is 52.2 Å². The van der Waals surface area contributed by atoms with Gasteiger partial charge in [0, 0.05) is 18.7 Å². The summed E-state index contributed by atoms with van der Waals surface area (Å²) in [7, 11) is 3.61. The van der Waals surface area contributed by atoms with Crippen LogP contribution in [-0.4, -0.2) is 61.7 Å². The highest BCUT2D eigenvalue weighted by atomic mass is 35.5. The number of carbonyl (C=O) groups is 2. The Bertz CT molecular complexity index is 1160. The Hall–Kier alpha value is -2.43. The fourth-order valence-corrected chi connectivity index (χ4v) is 6.95. The number of ether oxygens (including phenoxy) is 3. The van der Waals surface area contributed by atoms with E-state index in [-0.39, 0.29) is 6.10 Å². The van der Waals surface area contributed by atoms with Crippen LogP contribution >= 0.6 is 34.3 Å². The molecule has 204 valence electrons. The number of thiophene rings is 2. The predicted molar refractivity (Wildman–Crippen MR) is 150 cm³/mol. The third-order valence-corrected chi connectivity index (χ3v) is 9.21. The van der Waals surface area contributed by atoms with Crippen LogP contribution in [0.2, 0.25) is 5.02 Å². The maximum Gasteiger partial charge on any atom is 0.347 e. The van der Waals surface area contributed by atoms with Crippen molar-refractivity contribution in [1.82, 2.24) is 4.90 Å². The molecule has 2 aromatic heterocycles. The Labute approximate surface area is 235 Å². The number of benzene rings is 1. The number of aliphatic carboxylic acids is 1. The number of rotatable bonds is 13. The molecular weight excluding hydrogens is 546 g/mol. The van der Waals surface area contributed by atoms with Gasteiger partial charge in [0.15, 0.2) is 6.29 Å². The second-order valence-corrected chi connectivity index (χ2v) is 11.6. The van der Waals surface area contributed by atoms with Gasteiger partial charge in [0.1, 0.15) is 11.5 Å². The van der Waals surface area contributed by atoms with Gasteiger partial charge in [0.05, 0.1) is 40.2 Å². The monoisotopic (exact) mass is 577 g/mol. The zero-order valence-corrected chi connectivity index (χ0v) is 23.8. The van der Waals surface area contributed by atoms with Gasteiger partial charge >= 0.3 is 5.97 Å². The fraction of sp³-hybridized carbons (Fsp3) is 0.429. The van der Waals surface area contributed by atoms with E-state index in [2.05, 4.69) is 11.9 Å². The second-order valence-electron chi connectivity index (χ2n) is 9.31. The zero-order valence-electron chi connectivity index (χ0n) is 21.4. The summed E-state index contributed by atoms with van der Waals surface area (Å²) in [4.78, 5) is 27.5. The van der Waals surface area contributed by atoms with Gasteiger partial charge in [-0.3, -0.25) is 4.79 Å². The first-order valence-electron chi connectivity index (χ1n) is 12.5. The van der Waals surface area contributed by atoms with Gasteiger partial charge < -0.3 is 24.2 Å². The minimum Gasteiger partial charge on any atom is -0.496 e. The quantitative estimate of drug-likeness (QED) is 0.187. The Morgan fingerprint density at radius 2 is 1.79 bits per heavy atom. The number of carboxylic acid groups (broad SMARTS) is 1. The van der Waals surface area contributed by atoms with Crippen molar-refractivity contribution in [3.05, 3.63) is 67.5 Å². The van der Waals surface area contributed by atoms with Gasteiger partial charge in [-0.05, 0) is 68.1 Å². The van der Waals surface area contributed by atoms with Crippen LogP contribution in [-0.2, 0) is 15.1 Å². The van der Waals surface area contributed by atoms with Crippen molar-refractivity contribution in [3.63, 3.8) is 0 Å². The van der Waals surface area contributed by atoms with Crippen molar-refractivity contribution in [2.45, 2.75) is 49.9 Å². The van der Waals surface area contributed by atoms with E-state index in [9.17, 15) is 14.7 Å². The summed E-state index contributed by atoms with van der Waals surface area (Å²) in [5, 5.41) is 14.5. The van der Waals surface area contributed by atoms with Crippen LogP contribution in [0.5, 0.6) is 11.5 Å². The van der Waals surface area contributed by atoms with Crippen LogP contribution in [0, 0.1) is 0 Å². The highest BCUT2D eigenvalue weighted by Gasteiger charge is 2.48. The van der Waals surface area contributed by atoms with E-state index in [1.165, 1.54) is 29.8 Å². The number of halogens is 1. The molecule has 1 aliphatic carbocycles. The molecule has 10 heteroatoms. The molecule has 0 radical (unpaired) electrons. The molecule has 1 saturated carbocycles. The molecule has 1 N–H and O–H groups in total. The number of carboxylic acids is 1. The standard InChI is InChI=1S/C28H32ClNO6S2/c1-30(12-5-13-35-24-17-23(34-2)19(18-31)16-22(24)29)20-8-10-21(11-9-20)36-28(27(32)33,25-6-3-14-37-25)26-7-4-15-38-26/h3-4,6-7,14-18,20-21H,5,8-13H2,1-2H3,(H,32,33). The topological polar surface area (TPSA) is 85.3 Å². The number of methoxy groups -OCH3 is 1. The summed E-state index contributed by atoms with van der Waals surface area (Å²) in [5.74, 6) is -0.0476. The SMILES string of the molecule is COc1cc(OCCCN(C)C2CCC(OC(C(=O)O)(c3cccs3)c3cccs3)CC2)c(Cl)cc1C=O. The molecule has 0 spiro atoms. The first kappa shape index (κ1) is 28.6. The molecule has 0 atom stereocenters. The Morgan fingerprint density at radius 3 is 2.32 bits per heavy atom. The third kappa shape index (κ3) is 6.24. The molecule has 0 amide bonds. The molecule has 7 nitrogen and oxygen atoms in total. The summed E-state index contributed by atoms with van der Waals surface area (Å²) < 4.78 is 17.6. The van der Waals surface area contributed by atoms with E-state index in [4.69, 9.17) is 25.8 Å². The highest BCUT2D eigenvalue weighted by Crippen LogP contribution is 2.42. The minimum absolute atomic E-state index is 0.130. The number of carbonyl (C=O) groups excluding carboxylic acids is 1. The highest BCUT2D eigenvalue weighted by molar-refractivity contribution is 7.12. The largest absolute Gasteiger partial charge is 0.496 e.